The van der Waals surface area contributed by atoms with Gasteiger partial charge >= 0.3 is 0 Å². The van der Waals surface area contributed by atoms with Crippen molar-refractivity contribution >= 4 is 17.6 Å². The fourth-order valence-electron chi connectivity index (χ4n) is 1.34. The van der Waals surface area contributed by atoms with Gasteiger partial charge in [-0.25, -0.2) is 0 Å². The zero-order valence-electron chi connectivity index (χ0n) is 7.06. The Hall–Kier alpha value is -0.690. The summed E-state index contributed by atoms with van der Waals surface area (Å²) < 4.78 is 0. The van der Waals surface area contributed by atoms with Gasteiger partial charge in [0.15, 0.2) is 0 Å². The predicted octanol–water partition coefficient (Wildman–Crippen LogP) is 2.84. The molecule has 0 saturated carbocycles. The number of benzene rings is 1. The van der Waals surface area contributed by atoms with Gasteiger partial charge in [0.25, 0.3) is 0 Å². The molecule has 0 aliphatic carbocycles. The third-order valence-corrected chi connectivity index (χ3v) is 1.98. The summed E-state index contributed by atoms with van der Waals surface area (Å²) in [5, 5.41) is 2.77. The molecule has 0 aliphatic rings. The van der Waals surface area contributed by atoms with Crippen molar-refractivity contribution in [3.05, 3.63) is 34.4 Å². The van der Waals surface area contributed by atoms with E-state index in [4.69, 9.17) is 12.2 Å². The molecule has 0 fully saturated rings. The van der Waals surface area contributed by atoms with Crippen LogP contribution >= 0.6 is 12.2 Å². The maximum Gasteiger partial charge on any atom is 0.0641 e. The topological polar surface area (TPSA) is 0 Å². The van der Waals surface area contributed by atoms with Gasteiger partial charge in [-0.05, 0) is 37.5 Å². The number of thiocarbonyl (C=S) groups is 1. The van der Waals surface area contributed by atoms with Gasteiger partial charge < -0.3 is 0 Å². The molecule has 0 heterocycles. The van der Waals surface area contributed by atoms with Crippen LogP contribution in [0.15, 0.2) is 12.1 Å². The molecular formula is C10H11S. The van der Waals surface area contributed by atoms with E-state index < -0.39 is 0 Å². The zero-order valence-corrected chi connectivity index (χ0v) is 7.88. The lowest BCUT2D eigenvalue weighted by molar-refractivity contribution is 1.31. The van der Waals surface area contributed by atoms with Crippen LogP contribution in [0.2, 0.25) is 0 Å². The Morgan fingerprint density at radius 3 is 1.91 bits per heavy atom. The Morgan fingerprint density at radius 1 is 1.09 bits per heavy atom. The van der Waals surface area contributed by atoms with Crippen molar-refractivity contribution in [2.45, 2.75) is 20.8 Å². The zero-order chi connectivity index (χ0) is 8.43. The highest BCUT2D eigenvalue weighted by molar-refractivity contribution is 7.79. The van der Waals surface area contributed by atoms with Gasteiger partial charge in [-0.1, -0.05) is 29.9 Å². The Morgan fingerprint density at radius 2 is 1.55 bits per heavy atom. The highest BCUT2D eigenvalue weighted by atomic mass is 32.1. The average molecular weight is 163 g/mol. The third-order valence-electron chi connectivity index (χ3n) is 1.78. The van der Waals surface area contributed by atoms with Crippen molar-refractivity contribution < 1.29 is 0 Å². The highest BCUT2D eigenvalue weighted by Crippen LogP contribution is 2.13. The Balaban J connectivity index is 3.36. The van der Waals surface area contributed by atoms with Gasteiger partial charge in [-0.3, -0.25) is 0 Å². The first kappa shape index (κ1) is 8.41. The lowest BCUT2D eigenvalue weighted by Crippen LogP contribution is -1.91. The maximum absolute atomic E-state index is 4.79. The smallest absolute Gasteiger partial charge is 0.0641 e. The molecule has 0 bridgehead atoms. The molecule has 1 aromatic carbocycles. The molecule has 0 aliphatic heterocycles. The van der Waals surface area contributed by atoms with E-state index in [9.17, 15) is 0 Å². The van der Waals surface area contributed by atoms with Crippen LogP contribution in [0, 0.1) is 20.8 Å². The molecule has 0 aromatic heterocycles. The SMILES string of the molecule is Cc1cc(C)c([C]=S)c(C)c1. The summed E-state index contributed by atoms with van der Waals surface area (Å²) >= 11 is 4.79. The minimum Gasteiger partial charge on any atom is -0.0778 e. The van der Waals surface area contributed by atoms with E-state index >= 15 is 0 Å². The summed E-state index contributed by atoms with van der Waals surface area (Å²) in [5.74, 6) is 0. The molecule has 0 nitrogen and oxygen atoms in total. The van der Waals surface area contributed by atoms with Gasteiger partial charge in [0.05, 0.1) is 5.37 Å². The van der Waals surface area contributed by atoms with Gasteiger partial charge in [-0.15, -0.1) is 0 Å². The molecule has 1 heteroatoms. The fourth-order valence-corrected chi connectivity index (χ4v) is 1.66. The van der Waals surface area contributed by atoms with Crippen LogP contribution in [0.3, 0.4) is 0 Å². The maximum atomic E-state index is 4.79. The number of rotatable bonds is 1. The van der Waals surface area contributed by atoms with E-state index in [1.54, 1.807) is 0 Å². The van der Waals surface area contributed by atoms with Crippen LogP contribution in [0.4, 0.5) is 0 Å². The van der Waals surface area contributed by atoms with Crippen molar-refractivity contribution in [2.24, 2.45) is 0 Å². The summed E-state index contributed by atoms with van der Waals surface area (Å²) in [6.45, 7) is 6.22. The molecule has 0 unspecified atom stereocenters. The second-order valence-corrected chi connectivity index (χ2v) is 3.08. The van der Waals surface area contributed by atoms with Crippen LogP contribution in [0.1, 0.15) is 22.3 Å². The molecule has 57 valence electrons. The molecule has 1 rings (SSSR count). The number of hydrogen-bond donors (Lipinski definition) is 0. The normalized spacial score (nSPS) is 9.73. The number of aryl methyl sites for hydroxylation is 3. The van der Waals surface area contributed by atoms with Crippen molar-refractivity contribution in [2.75, 3.05) is 0 Å². The molecule has 0 spiro atoms. The van der Waals surface area contributed by atoms with E-state index in [1.165, 1.54) is 16.7 Å². The van der Waals surface area contributed by atoms with Crippen LogP contribution < -0.4 is 0 Å². The first-order valence-electron chi connectivity index (χ1n) is 3.61. The fraction of sp³-hybridized carbons (Fsp3) is 0.300. The average Bonchev–Trinajstić information content (AvgIpc) is 1.85. The highest BCUT2D eigenvalue weighted by Gasteiger charge is 1.99. The Labute approximate surface area is 73.2 Å². The minimum absolute atomic E-state index is 1.07. The van der Waals surface area contributed by atoms with Crippen molar-refractivity contribution in [3.8, 4) is 0 Å². The molecular weight excluding hydrogens is 152 g/mol. The lowest BCUT2D eigenvalue weighted by Gasteiger charge is -2.04. The quantitative estimate of drug-likeness (QED) is 0.574. The van der Waals surface area contributed by atoms with E-state index in [0.717, 1.165) is 5.56 Å². The molecule has 0 N–H and O–H groups in total. The van der Waals surface area contributed by atoms with Gasteiger partial charge in [0.2, 0.25) is 0 Å². The summed E-state index contributed by atoms with van der Waals surface area (Å²) in [6.07, 6.45) is 0. The summed E-state index contributed by atoms with van der Waals surface area (Å²) in [7, 11) is 0. The molecule has 1 aromatic rings. The van der Waals surface area contributed by atoms with Crippen molar-refractivity contribution in [3.63, 3.8) is 0 Å². The molecule has 0 saturated heterocycles. The Kier molecular flexibility index (Phi) is 2.40. The predicted molar refractivity (Wildman–Crippen MR) is 52.4 cm³/mol. The van der Waals surface area contributed by atoms with Crippen molar-refractivity contribution in [1.82, 2.24) is 0 Å². The summed E-state index contributed by atoms with van der Waals surface area (Å²) in [6, 6.07) is 4.25. The van der Waals surface area contributed by atoms with E-state index in [0.29, 0.717) is 0 Å². The first-order chi connectivity index (χ1) is 5.15. The molecule has 11 heavy (non-hydrogen) atoms. The van der Waals surface area contributed by atoms with Crippen LogP contribution in [-0.2, 0) is 0 Å². The van der Waals surface area contributed by atoms with Crippen LogP contribution in [0.25, 0.3) is 0 Å². The molecule has 0 amide bonds. The minimum atomic E-state index is 1.07. The van der Waals surface area contributed by atoms with E-state index in [1.807, 2.05) is 0 Å². The summed E-state index contributed by atoms with van der Waals surface area (Å²) in [5.41, 5.74) is 4.80. The third kappa shape index (κ3) is 1.66. The number of hydrogen-bond acceptors (Lipinski definition) is 1. The van der Waals surface area contributed by atoms with E-state index in [2.05, 4.69) is 38.3 Å². The van der Waals surface area contributed by atoms with E-state index in [-0.39, 0.29) is 0 Å². The Bertz CT molecular complexity index is 264. The molecule has 0 atom stereocenters. The molecule has 1 radical (unpaired) electrons. The summed E-state index contributed by atoms with van der Waals surface area (Å²) in [4.78, 5) is 0. The lowest BCUT2D eigenvalue weighted by atomic mass is 10.0. The van der Waals surface area contributed by atoms with Crippen LogP contribution in [-0.4, -0.2) is 5.37 Å². The largest absolute Gasteiger partial charge is 0.0778 e. The van der Waals surface area contributed by atoms with Gasteiger partial charge in [-0.2, -0.15) is 0 Å². The van der Waals surface area contributed by atoms with Crippen molar-refractivity contribution in [1.29, 1.82) is 0 Å². The van der Waals surface area contributed by atoms with Crippen LogP contribution in [0.5, 0.6) is 0 Å². The van der Waals surface area contributed by atoms with Gasteiger partial charge in [0, 0.05) is 0 Å². The standard InChI is InChI=1S/C10H11S/c1-7-4-8(2)10(6-11)9(3)5-7/h4-5H,1-3H3. The monoisotopic (exact) mass is 163 g/mol. The second-order valence-electron chi connectivity index (χ2n) is 2.88. The second kappa shape index (κ2) is 3.14. The first-order valence-corrected chi connectivity index (χ1v) is 4.02. The van der Waals surface area contributed by atoms with Gasteiger partial charge in [0.1, 0.15) is 0 Å².